The summed E-state index contributed by atoms with van der Waals surface area (Å²) < 4.78 is 42.4. The molecule has 1 N–H and O–H groups in total. The number of hydrogen-bond acceptors (Lipinski definition) is 4. The maximum atomic E-state index is 12.3. The molecule has 3 rings (SSSR count). The average Bonchev–Trinajstić information content (AvgIpc) is 3.23. The molecule has 0 unspecified atom stereocenters. The highest BCUT2D eigenvalue weighted by atomic mass is 32.1. The minimum Gasteiger partial charge on any atom is -0.406 e. The van der Waals surface area contributed by atoms with Crippen LogP contribution in [0.3, 0.4) is 0 Å². The van der Waals surface area contributed by atoms with Crippen LogP contribution in [0.15, 0.2) is 47.8 Å². The zero-order valence-corrected chi connectivity index (χ0v) is 15.1. The Labute approximate surface area is 157 Å². The van der Waals surface area contributed by atoms with Crippen molar-refractivity contribution in [1.29, 1.82) is 0 Å². The van der Waals surface area contributed by atoms with Gasteiger partial charge in [-0.25, -0.2) is 0 Å². The first kappa shape index (κ1) is 19.0. The number of carbonyl (C=O) groups excluding carboxylic acids is 1. The Morgan fingerprint density at radius 2 is 2.07 bits per heavy atom. The number of ether oxygens (including phenoxy) is 1. The summed E-state index contributed by atoms with van der Waals surface area (Å²) in [5.41, 5.74) is 1.91. The standard InChI is InChI=1S/C18H16F3N3O2S/c1-12-10-15(16-6-3-9-27-16)23-24(12)8-7-22-17(25)13-4-2-5-14(11-13)26-18(19,20)21/h2-6,9-11H,7-8H2,1H3,(H,22,25). The van der Waals surface area contributed by atoms with Crippen molar-refractivity contribution in [1.82, 2.24) is 15.1 Å². The van der Waals surface area contributed by atoms with E-state index in [1.165, 1.54) is 12.1 Å². The van der Waals surface area contributed by atoms with Crippen molar-refractivity contribution >= 4 is 17.2 Å². The van der Waals surface area contributed by atoms with E-state index in [9.17, 15) is 18.0 Å². The van der Waals surface area contributed by atoms with Crippen LogP contribution in [0.2, 0.25) is 0 Å². The third-order valence-electron chi connectivity index (χ3n) is 3.69. The molecule has 2 heterocycles. The second kappa shape index (κ2) is 7.83. The number of aryl methyl sites for hydroxylation is 1. The maximum Gasteiger partial charge on any atom is 0.573 e. The van der Waals surface area contributed by atoms with E-state index in [0.29, 0.717) is 6.54 Å². The van der Waals surface area contributed by atoms with Crippen molar-refractivity contribution in [2.45, 2.75) is 19.8 Å². The van der Waals surface area contributed by atoms with Gasteiger partial charge >= 0.3 is 6.36 Å². The zero-order valence-electron chi connectivity index (χ0n) is 14.3. The molecule has 5 nitrogen and oxygen atoms in total. The van der Waals surface area contributed by atoms with Gasteiger partial charge in [-0.2, -0.15) is 5.10 Å². The lowest BCUT2D eigenvalue weighted by atomic mass is 10.2. The van der Waals surface area contributed by atoms with Crippen molar-refractivity contribution in [2.75, 3.05) is 6.54 Å². The first-order valence-corrected chi connectivity index (χ1v) is 8.92. The van der Waals surface area contributed by atoms with E-state index in [4.69, 9.17) is 0 Å². The molecule has 0 saturated heterocycles. The molecule has 142 valence electrons. The smallest absolute Gasteiger partial charge is 0.406 e. The van der Waals surface area contributed by atoms with Gasteiger partial charge in [0.25, 0.3) is 5.91 Å². The van der Waals surface area contributed by atoms with E-state index in [0.717, 1.165) is 28.4 Å². The number of alkyl halides is 3. The summed E-state index contributed by atoms with van der Waals surface area (Å²) >= 11 is 1.59. The summed E-state index contributed by atoms with van der Waals surface area (Å²) in [5, 5.41) is 9.15. The third kappa shape index (κ3) is 5.10. The first-order chi connectivity index (χ1) is 12.8. The van der Waals surface area contributed by atoms with Gasteiger partial charge in [0.2, 0.25) is 0 Å². The molecule has 0 saturated carbocycles. The van der Waals surface area contributed by atoms with E-state index in [-0.39, 0.29) is 12.1 Å². The number of aromatic nitrogens is 2. The molecule has 0 spiro atoms. The van der Waals surface area contributed by atoms with Crippen LogP contribution < -0.4 is 10.1 Å². The number of nitrogens with one attached hydrogen (secondary N) is 1. The van der Waals surface area contributed by atoms with Crippen molar-refractivity contribution in [3.63, 3.8) is 0 Å². The molecule has 0 bridgehead atoms. The van der Waals surface area contributed by atoms with E-state index in [2.05, 4.69) is 15.2 Å². The molecule has 2 aromatic heterocycles. The Morgan fingerprint density at radius 1 is 1.26 bits per heavy atom. The van der Waals surface area contributed by atoms with Crippen LogP contribution >= 0.6 is 11.3 Å². The van der Waals surface area contributed by atoms with Crippen LogP contribution in [-0.4, -0.2) is 28.6 Å². The third-order valence-corrected chi connectivity index (χ3v) is 4.59. The van der Waals surface area contributed by atoms with Crippen LogP contribution in [0.1, 0.15) is 16.1 Å². The van der Waals surface area contributed by atoms with Crippen LogP contribution in [0.25, 0.3) is 10.6 Å². The quantitative estimate of drug-likeness (QED) is 0.679. The van der Waals surface area contributed by atoms with E-state index in [1.807, 2.05) is 30.5 Å². The van der Waals surface area contributed by atoms with Gasteiger partial charge in [0, 0.05) is 17.8 Å². The molecule has 9 heteroatoms. The van der Waals surface area contributed by atoms with Gasteiger partial charge in [0.1, 0.15) is 11.4 Å². The Bertz CT molecular complexity index is 920. The van der Waals surface area contributed by atoms with E-state index < -0.39 is 18.0 Å². The number of benzene rings is 1. The number of hydrogen-bond donors (Lipinski definition) is 1. The molecule has 0 radical (unpaired) electrons. The Hall–Kier alpha value is -2.81. The van der Waals surface area contributed by atoms with Gasteiger partial charge in [0.05, 0.1) is 11.4 Å². The molecule has 1 aromatic carbocycles. The largest absolute Gasteiger partial charge is 0.573 e. The highest BCUT2D eigenvalue weighted by molar-refractivity contribution is 7.13. The maximum absolute atomic E-state index is 12.3. The summed E-state index contributed by atoms with van der Waals surface area (Å²) in [7, 11) is 0. The lowest BCUT2D eigenvalue weighted by molar-refractivity contribution is -0.274. The number of rotatable bonds is 6. The zero-order chi connectivity index (χ0) is 19.4. The minimum absolute atomic E-state index is 0.0909. The molecular weight excluding hydrogens is 379 g/mol. The van der Waals surface area contributed by atoms with E-state index in [1.54, 1.807) is 16.0 Å². The number of nitrogens with zero attached hydrogens (tertiary/aromatic N) is 2. The molecule has 0 aliphatic rings. The van der Waals surface area contributed by atoms with Gasteiger partial charge < -0.3 is 10.1 Å². The molecule has 0 atom stereocenters. The molecule has 1 amide bonds. The normalized spacial score (nSPS) is 11.4. The molecule has 0 aliphatic carbocycles. The Morgan fingerprint density at radius 3 is 2.78 bits per heavy atom. The Balaban J connectivity index is 1.58. The first-order valence-electron chi connectivity index (χ1n) is 8.04. The predicted octanol–water partition coefficient (Wildman–Crippen LogP) is 4.25. The summed E-state index contributed by atoms with van der Waals surface area (Å²) in [5.74, 6) is -0.912. The van der Waals surface area contributed by atoms with Crippen molar-refractivity contribution in [2.24, 2.45) is 0 Å². The summed E-state index contributed by atoms with van der Waals surface area (Å²) in [6.45, 7) is 2.65. The predicted molar refractivity (Wildman–Crippen MR) is 95.7 cm³/mol. The SMILES string of the molecule is Cc1cc(-c2cccs2)nn1CCNC(=O)c1cccc(OC(F)(F)F)c1. The van der Waals surface area contributed by atoms with Crippen LogP contribution in [0.4, 0.5) is 13.2 Å². The molecule has 0 aliphatic heterocycles. The van der Waals surface area contributed by atoms with Gasteiger partial charge in [-0.05, 0) is 42.6 Å². The topological polar surface area (TPSA) is 56.2 Å². The fourth-order valence-corrected chi connectivity index (χ4v) is 3.17. The molecule has 3 aromatic rings. The summed E-state index contributed by atoms with van der Waals surface area (Å²) in [6.07, 6.45) is -4.80. The van der Waals surface area contributed by atoms with Crippen molar-refractivity contribution < 1.29 is 22.7 Å². The highest BCUT2D eigenvalue weighted by Gasteiger charge is 2.31. The van der Waals surface area contributed by atoms with Crippen molar-refractivity contribution in [3.05, 3.63) is 59.1 Å². The lowest BCUT2D eigenvalue weighted by Crippen LogP contribution is -2.28. The minimum atomic E-state index is -4.80. The van der Waals surface area contributed by atoms with Crippen LogP contribution in [0.5, 0.6) is 5.75 Å². The number of carbonyl (C=O) groups is 1. The van der Waals surface area contributed by atoms with Crippen LogP contribution in [-0.2, 0) is 6.54 Å². The fourth-order valence-electron chi connectivity index (χ4n) is 2.49. The number of amides is 1. The van der Waals surface area contributed by atoms with Crippen LogP contribution in [0, 0.1) is 6.92 Å². The highest BCUT2D eigenvalue weighted by Crippen LogP contribution is 2.24. The molecule has 0 fully saturated rings. The van der Waals surface area contributed by atoms with Gasteiger partial charge in [0.15, 0.2) is 0 Å². The second-order valence-corrected chi connectivity index (χ2v) is 6.65. The lowest BCUT2D eigenvalue weighted by Gasteiger charge is -2.10. The van der Waals surface area contributed by atoms with Gasteiger partial charge in [-0.1, -0.05) is 12.1 Å². The van der Waals surface area contributed by atoms with Gasteiger partial charge in [-0.15, -0.1) is 24.5 Å². The number of thiophene rings is 1. The van der Waals surface area contributed by atoms with Crippen molar-refractivity contribution in [3.8, 4) is 16.3 Å². The summed E-state index contributed by atoms with van der Waals surface area (Å²) in [4.78, 5) is 13.2. The average molecular weight is 395 g/mol. The number of halogens is 3. The second-order valence-electron chi connectivity index (χ2n) is 5.70. The molecular formula is C18H16F3N3O2S. The van der Waals surface area contributed by atoms with E-state index >= 15 is 0 Å². The Kier molecular flexibility index (Phi) is 5.50. The molecule has 27 heavy (non-hydrogen) atoms. The van der Waals surface area contributed by atoms with Gasteiger partial charge in [-0.3, -0.25) is 9.48 Å². The fraction of sp³-hybridized carbons (Fsp3) is 0.222. The summed E-state index contributed by atoms with van der Waals surface area (Å²) in [6, 6.07) is 10.8. The monoisotopic (exact) mass is 395 g/mol.